The quantitative estimate of drug-likeness (QED) is 0.404. The van der Waals surface area contributed by atoms with Gasteiger partial charge in [0, 0.05) is 5.92 Å². The highest BCUT2D eigenvalue weighted by molar-refractivity contribution is 5.26. The average molecular weight is 383 g/mol. The number of hydrogen-bond donors (Lipinski definition) is 0. The summed E-state index contributed by atoms with van der Waals surface area (Å²) in [5.41, 5.74) is 1.13. The van der Waals surface area contributed by atoms with E-state index in [9.17, 15) is 0 Å². The SMILES string of the molecule is C=C[C@H](Oc1ccccc1)[C@@H](CCC(C)C)C(C)OCc1ccc(OC)cc1. The summed E-state index contributed by atoms with van der Waals surface area (Å²) in [4.78, 5) is 0. The fourth-order valence-electron chi connectivity index (χ4n) is 3.23. The smallest absolute Gasteiger partial charge is 0.122 e. The molecule has 0 N–H and O–H groups in total. The van der Waals surface area contributed by atoms with Crippen molar-refractivity contribution in [3.8, 4) is 11.5 Å². The maximum absolute atomic E-state index is 6.25. The number of ether oxygens (including phenoxy) is 3. The third-order valence-electron chi connectivity index (χ3n) is 5.02. The van der Waals surface area contributed by atoms with Crippen LogP contribution >= 0.6 is 0 Å². The molecule has 3 heteroatoms. The molecule has 3 atom stereocenters. The van der Waals surface area contributed by atoms with Gasteiger partial charge in [0.1, 0.15) is 17.6 Å². The van der Waals surface area contributed by atoms with Crippen LogP contribution in [-0.4, -0.2) is 19.3 Å². The molecule has 2 rings (SSSR count). The van der Waals surface area contributed by atoms with E-state index in [1.165, 1.54) is 0 Å². The fourth-order valence-corrected chi connectivity index (χ4v) is 3.23. The van der Waals surface area contributed by atoms with Gasteiger partial charge in [0.15, 0.2) is 0 Å². The van der Waals surface area contributed by atoms with E-state index in [2.05, 4.69) is 27.4 Å². The van der Waals surface area contributed by atoms with Crippen LogP contribution in [0.5, 0.6) is 11.5 Å². The van der Waals surface area contributed by atoms with Gasteiger partial charge in [0.2, 0.25) is 0 Å². The molecule has 0 aliphatic rings. The van der Waals surface area contributed by atoms with Gasteiger partial charge in [0.05, 0.1) is 19.8 Å². The molecule has 0 spiro atoms. The molecular formula is C25H34O3. The van der Waals surface area contributed by atoms with Crippen LogP contribution in [0, 0.1) is 11.8 Å². The molecule has 1 unspecified atom stereocenters. The van der Waals surface area contributed by atoms with Crippen molar-refractivity contribution in [2.45, 2.75) is 52.4 Å². The third kappa shape index (κ3) is 7.05. The van der Waals surface area contributed by atoms with Crippen molar-refractivity contribution in [1.29, 1.82) is 0 Å². The van der Waals surface area contributed by atoms with Crippen molar-refractivity contribution >= 4 is 0 Å². The minimum atomic E-state index is -0.0907. The van der Waals surface area contributed by atoms with Gasteiger partial charge in [-0.1, -0.05) is 63.3 Å². The van der Waals surface area contributed by atoms with Gasteiger partial charge in [0.25, 0.3) is 0 Å². The number of methoxy groups -OCH3 is 1. The highest BCUT2D eigenvalue weighted by Crippen LogP contribution is 2.27. The first kappa shape index (κ1) is 22.0. The molecule has 28 heavy (non-hydrogen) atoms. The summed E-state index contributed by atoms with van der Waals surface area (Å²) < 4.78 is 17.7. The van der Waals surface area contributed by atoms with Crippen LogP contribution in [0.25, 0.3) is 0 Å². The zero-order valence-electron chi connectivity index (χ0n) is 17.6. The van der Waals surface area contributed by atoms with Crippen LogP contribution in [0.15, 0.2) is 67.3 Å². The highest BCUT2D eigenvalue weighted by atomic mass is 16.5. The maximum atomic E-state index is 6.25. The Bertz CT molecular complexity index is 679. The minimum Gasteiger partial charge on any atom is -0.497 e. The lowest BCUT2D eigenvalue weighted by Crippen LogP contribution is -2.35. The molecule has 0 aliphatic heterocycles. The molecule has 0 bridgehead atoms. The molecule has 0 amide bonds. The Hall–Kier alpha value is -2.26. The average Bonchev–Trinajstić information content (AvgIpc) is 2.72. The van der Waals surface area contributed by atoms with E-state index in [4.69, 9.17) is 14.2 Å². The molecular weight excluding hydrogens is 348 g/mol. The first-order chi connectivity index (χ1) is 13.5. The van der Waals surface area contributed by atoms with Crippen LogP contribution in [0.4, 0.5) is 0 Å². The van der Waals surface area contributed by atoms with Crippen molar-refractivity contribution in [3.05, 3.63) is 72.8 Å². The Kier molecular flexibility index (Phi) is 9.09. The Morgan fingerprint density at radius 1 is 0.893 bits per heavy atom. The first-order valence-corrected chi connectivity index (χ1v) is 10.1. The van der Waals surface area contributed by atoms with Crippen LogP contribution in [0.1, 0.15) is 39.2 Å². The summed E-state index contributed by atoms with van der Waals surface area (Å²) in [6, 6.07) is 17.9. The van der Waals surface area contributed by atoms with Crippen molar-refractivity contribution in [2.24, 2.45) is 11.8 Å². The number of benzene rings is 2. The van der Waals surface area contributed by atoms with Crippen LogP contribution < -0.4 is 9.47 Å². The monoisotopic (exact) mass is 382 g/mol. The molecule has 0 heterocycles. The molecule has 0 saturated carbocycles. The van der Waals surface area contributed by atoms with Crippen molar-refractivity contribution < 1.29 is 14.2 Å². The lowest BCUT2D eigenvalue weighted by atomic mass is 9.88. The first-order valence-electron chi connectivity index (χ1n) is 10.1. The van der Waals surface area contributed by atoms with E-state index in [-0.39, 0.29) is 18.1 Å². The standard InChI is InChI=1S/C25H34O3/c1-6-25(28-23-10-8-7-9-11-23)24(17-12-19(2)3)20(4)27-18-21-13-15-22(26-5)16-14-21/h6-11,13-16,19-20,24-25H,1,12,17-18H2,2-5H3/t20?,24-,25-/m0/s1. The van der Waals surface area contributed by atoms with Gasteiger partial charge in [-0.2, -0.15) is 0 Å². The summed E-state index contributed by atoms with van der Waals surface area (Å²) in [5, 5.41) is 0. The second-order valence-corrected chi connectivity index (χ2v) is 7.63. The van der Waals surface area contributed by atoms with E-state index >= 15 is 0 Å². The summed E-state index contributed by atoms with van der Waals surface area (Å²) in [7, 11) is 1.68. The molecule has 2 aromatic rings. The molecule has 0 fully saturated rings. The van der Waals surface area contributed by atoms with Gasteiger partial charge >= 0.3 is 0 Å². The van der Waals surface area contributed by atoms with E-state index in [1.54, 1.807) is 7.11 Å². The summed E-state index contributed by atoms with van der Waals surface area (Å²) in [6.45, 7) is 11.2. The Balaban J connectivity index is 2.04. The van der Waals surface area contributed by atoms with Gasteiger partial charge in [-0.15, -0.1) is 0 Å². The van der Waals surface area contributed by atoms with E-state index < -0.39 is 0 Å². The normalized spacial score (nSPS) is 14.3. The minimum absolute atomic E-state index is 0.0487. The lowest BCUT2D eigenvalue weighted by molar-refractivity contribution is -0.0207. The topological polar surface area (TPSA) is 27.7 Å². The van der Waals surface area contributed by atoms with E-state index in [0.717, 1.165) is 29.9 Å². The Morgan fingerprint density at radius 2 is 1.57 bits per heavy atom. The molecule has 0 aromatic heterocycles. The second-order valence-electron chi connectivity index (χ2n) is 7.63. The Morgan fingerprint density at radius 3 is 2.14 bits per heavy atom. The lowest BCUT2D eigenvalue weighted by Gasteiger charge is -2.31. The van der Waals surface area contributed by atoms with Gasteiger partial charge in [-0.3, -0.25) is 0 Å². The fraction of sp³-hybridized carbons (Fsp3) is 0.440. The number of para-hydroxylation sites is 1. The largest absolute Gasteiger partial charge is 0.497 e. The van der Waals surface area contributed by atoms with Gasteiger partial charge < -0.3 is 14.2 Å². The highest BCUT2D eigenvalue weighted by Gasteiger charge is 2.27. The molecule has 0 radical (unpaired) electrons. The van der Waals surface area contributed by atoms with Gasteiger partial charge in [-0.25, -0.2) is 0 Å². The summed E-state index contributed by atoms with van der Waals surface area (Å²) >= 11 is 0. The number of rotatable bonds is 12. The summed E-state index contributed by atoms with van der Waals surface area (Å²) in [6.07, 6.45) is 4.03. The van der Waals surface area contributed by atoms with E-state index in [1.807, 2.05) is 60.7 Å². The summed E-state index contributed by atoms with van der Waals surface area (Å²) in [5.74, 6) is 2.59. The molecule has 2 aromatic carbocycles. The zero-order valence-corrected chi connectivity index (χ0v) is 17.6. The Labute approximate surface area is 170 Å². The molecule has 0 aliphatic carbocycles. The third-order valence-corrected chi connectivity index (χ3v) is 5.02. The predicted molar refractivity (Wildman–Crippen MR) is 116 cm³/mol. The van der Waals surface area contributed by atoms with Crippen LogP contribution in [0.2, 0.25) is 0 Å². The van der Waals surface area contributed by atoms with Crippen LogP contribution in [0.3, 0.4) is 0 Å². The van der Waals surface area contributed by atoms with Gasteiger partial charge in [-0.05, 0) is 49.1 Å². The van der Waals surface area contributed by atoms with Crippen molar-refractivity contribution in [3.63, 3.8) is 0 Å². The number of hydrogen-bond acceptors (Lipinski definition) is 3. The molecule has 3 nitrogen and oxygen atoms in total. The van der Waals surface area contributed by atoms with E-state index in [0.29, 0.717) is 12.5 Å². The van der Waals surface area contributed by atoms with Crippen molar-refractivity contribution in [2.75, 3.05) is 7.11 Å². The predicted octanol–water partition coefficient (Wildman–Crippen LogP) is 6.29. The second kappa shape index (κ2) is 11.6. The maximum Gasteiger partial charge on any atom is 0.122 e. The van der Waals surface area contributed by atoms with Crippen LogP contribution in [-0.2, 0) is 11.3 Å². The molecule has 0 saturated heterocycles. The zero-order chi connectivity index (χ0) is 20.4. The van der Waals surface area contributed by atoms with Crippen molar-refractivity contribution in [1.82, 2.24) is 0 Å². The molecule has 152 valence electrons.